The first-order valence-electron chi connectivity index (χ1n) is 7.09. The van der Waals surface area contributed by atoms with E-state index in [1.165, 1.54) is 25.7 Å². The van der Waals surface area contributed by atoms with Crippen LogP contribution in [0, 0.1) is 0 Å². The van der Waals surface area contributed by atoms with Crippen LogP contribution < -0.4 is 5.32 Å². The van der Waals surface area contributed by atoms with Crippen molar-refractivity contribution in [2.75, 3.05) is 6.54 Å². The summed E-state index contributed by atoms with van der Waals surface area (Å²) in [6.07, 6.45) is 4.92. The first kappa shape index (κ1) is 14.7. The Labute approximate surface area is 137 Å². The third-order valence-electron chi connectivity index (χ3n) is 3.55. The van der Waals surface area contributed by atoms with Crippen molar-refractivity contribution >= 4 is 38.0 Å². The number of fused-ring (bicyclic) bond motifs is 1. The minimum atomic E-state index is 0.221. The maximum absolute atomic E-state index is 4.23. The molecule has 4 heteroatoms. The third-order valence-corrected chi connectivity index (χ3v) is 5.07. The molecule has 2 nitrogen and oxygen atoms in total. The lowest BCUT2D eigenvalue weighted by atomic mass is 9.96. The normalized spacial score (nSPS) is 12.7. The summed E-state index contributed by atoms with van der Waals surface area (Å²) in [5.74, 6) is 0. The number of hydrogen-bond donors (Lipinski definition) is 1. The van der Waals surface area contributed by atoms with Crippen LogP contribution in [0.15, 0.2) is 51.9 Å². The van der Waals surface area contributed by atoms with Crippen LogP contribution >= 0.6 is 27.3 Å². The van der Waals surface area contributed by atoms with Crippen molar-refractivity contribution in [2.45, 2.75) is 19.4 Å². The van der Waals surface area contributed by atoms with Gasteiger partial charge in [0.05, 0.1) is 9.83 Å². The minimum absolute atomic E-state index is 0.221. The maximum Gasteiger partial charge on any atom is 0.0701 e. The Kier molecular flexibility index (Phi) is 4.68. The summed E-state index contributed by atoms with van der Waals surface area (Å²) in [7, 11) is 0. The van der Waals surface area contributed by atoms with Crippen LogP contribution in [-0.4, -0.2) is 11.5 Å². The summed E-state index contributed by atoms with van der Waals surface area (Å²) in [5.41, 5.74) is 2.62. The van der Waals surface area contributed by atoms with Gasteiger partial charge in [0, 0.05) is 17.8 Å². The smallest absolute Gasteiger partial charge is 0.0701 e. The van der Waals surface area contributed by atoms with Crippen molar-refractivity contribution in [3.05, 3.63) is 63.0 Å². The van der Waals surface area contributed by atoms with Crippen molar-refractivity contribution in [1.82, 2.24) is 10.3 Å². The molecule has 0 saturated heterocycles. The zero-order chi connectivity index (χ0) is 14.7. The number of rotatable bonds is 5. The van der Waals surface area contributed by atoms with E-state index >= 15 is 0 Å². The van der Waals surface area contributed by atoms with E-state index in [0.717, 1.165) is 13.0 Å². The Morgan fingerprint density at radius 3 is 3.00 bits per heavy atom. The molecule has 1 N–H and O–H groups in total. The topological polar surface area (TPSA) is 24.9 Å². The number of benzene rings is 1. The molecule has 108 valence electrons. The first-order chi connectivity index (χ1) is 10.3. The molecule has 0 aliphatic carbocycles. The number of aromatic nitrogens is 1. The first-order valence-corrected chi connectivity index (χ1v) is 8.77. The Balaban J connectivity index is 2.09. The van der Waals surface area contributed by atoms with Gasteiger partial charge in [0.15, 0.2) is 0 Å². The average molecular weight is 361 g/mol. The fourth-order valence-corrected chi connectivity index (χ4v) is 3.77. The lowest BCUT2D eigenvalue weighted by Crippen LogP contribution is -2.23. The molecule has 1 unspecified atom stereocenters. The van der Waals surface area contributed by atoms with E-state index in [-0.39, 0.29) is 6.04 Å². The molecule has 0 saturated carbocycles. The summed E-state index contributed by atoms with van der Waals surface area (Å²) < 4.78 is 1.17. The summed E-state index contributed by atoms with van der Waals surface area (Å²) in [4.78, 5) is 4.23. The molecular weight excluding hydrogens is 344 g/mol. The lowest BCUT2D eigenvalue weighted by molar-refractivity contribution is 0.603. The van der Waals surface area contributed by atoms with E-state index in [0.29, 0.717) is 0 Å². The highest BCUT2D eigenvalue weighted by atomic mass is 79.9. The van der Waals surface area contributed by atoms with Crippen LogP contribution in [0.1, 0.15) is 30.5 Å². The summed E-state index contributed by atoms with van der Waals surface area (Å²) >= 11 is 5.30. The predicted molar refractivity (Wildman–Crippen MR) is 93.9 cm³/mol. The van der Waals surface area contributed by atoms with Gasteiger partial charge in [0.2, 0.25) is 0 Å². The van der Waals surface area contributed by atoms with E-state index in [1.807, 2.05) is 12.4 Å². The van der Waals surface area contributed by atoms with Crippen molar-refractivity contribution < 1.29 is 0 Å². The Morgan fingerprint density at radius 2 is 2.24 bits per heavy atom. The predicted octanol–water partition coefficient (Wildman–Crippen LogP) is 5.15. The molecule has 0 aliphatic rings. The summed E-state index contributed by atoms with van der Waals surface area (Å²) in [6, 6.07) is 11.0. The second kappa shape index (κ2) is 6.69. The molecule has 3 rings (SSSR count). The van der Waals surface area contributed by atoms with Gasteiger partial charge in [0.25, 0.3) is 0 Å². The van der Waals surface area contributed by atoms with E-state index in [1.54, 1.807) is 11.3 Å². The number of nitrogens with zero attached hydrogens (tertiary/aromatic N) is 1. The van der Waals surface area contributed by atoms with Crippen molar-refractivity contribution in [1.29, 1.82) is 0 Å². The highest BCUT2D eigenvalue weighted by Gasteiger charge is 2.17. The summed E-state index contributed by atoms with van der Waals surface area (Å²) in [5, 5.41) is 8.35. The van der Waals surface area contributed by atoms with Crippen LogP contribution in [0.25, 0.3) is 10.8 Å². The van der Waals surface area contributed by atoms with E-state index in [9.17, 15) is 0 Å². The monoisotopic (exact) mass is 360 g/mol. The Hall–Kier alpha value is -1.23. The molecule has 21 heavy (non-hydrogen) atoms. The molecule has 2 aromatic heterocycles. The fraction of sp³-hybridized carbons (Fsp3) is 0.235. The minimum Gasteiger partial charge on any atom is -0.306 e. The molecule has 1 atom stereocenters. The zero-order valence-corrected chi connectivity index (χ0v) is 14.2. The second-order valence-corrected chi connectivity index (χ2v) is 7.31. The Bertz CT molecular complexity index is 733. The zero-order valence-electron chi connectivity index (χ0n) is 11.8. The van der Waals surface area contributed by atoms with Crippen LogP contribution in [0.2, 0.25) is 0 Å². The van der Waals surface area contributed by atoms with Gasteiger partial charge >= 0.3 is 0 Å². The van der Waals surface area contributed by atoms with Crippen molar-refractivity contribution in [3.8, 4) is 0 Å². The van der Waals surface area contributed by atoms with Gasteiger partial charge in [-0.15, -0.1) is 11.3 Å². The molecular formula is C17H17BrN2S. The van der Waals surface area contributed by atoms with E-state index in [2.05, 4.69) is 68.9 Å². The highest BCUT2D eigenvalue weighted by molar-refractivity contribution is 9.11. The molecule has 0 bridgehead atoms. The molecule has 3 aromatic rings. The highest BCUT2D eigenvalue weighted by Crippen LogP contribution is 2.32. The number of nitrogens with one attached hydrogen (secondary N) is 1. The van der Waals surface area contributed by atoms with Gasteiger partial charge in [-0.2, -0.15) is 0 Å². The van der Waals surface area contributed by atoms with E-state index < -0.39 is 0 Å². The summed E-state index contributed by atoms with van der Waals surface area (Å²) in [6.45, 7) is 3.19. The van der Waals surface area contributed by atoms with E-state index in [4.69, 9.17) is 0 Å². The van der Waals surface area contributed by atoms with Crippen molar-refractivity contribution in [3.63, 3.8) is 0 Å². The van der Waals surface area contributed by atoms with Crippen LogP contribution in [-0.2, 0) is 0 Å². The maximum atomic E-state index is 4.23. The van der Waals surface area contributed by atoms with Gasteiger partial charge in [-0.3, -0.25) is 4.98 Å². The molecule has 0 spiro atoms. The lowest BCUT2D eigenvalue weighted by Gasteiger charge is -2.20. The van der Waals surface area contributed by atoms with Gasteiger partial charge < -0.3 is 5.32 Å². The quantitative estimate of drug-likeness (QED) is 0.680. The van der Waals surface area contributed by atoms with Gasteiger partial charge in [0.1, 0.15) is 0 Å². The van der Waals surface area contributed by atoms with Gasteiger partial charge in [-0.1, -0.05) is 25.1 Å². The molecule has 0 radical (unpaired) electrons. The Morgan fingerprint density at radius 1 is 1.33 bits per heavy atom. The molecule has 2 heterocycles. The molecule has 1 aromatic carbocycles. The van der Waals surface area contributed by atoms with Crippen LogP contribution in [0.5, 0.6) is 0 Å². The van der Waals surface area contributed by atoms with Gasteiger partial charge in [-0.25, -0.2) is 0 Å². The number of pyridine rings is 1. The number of thiophene rings is 1. The fourth-order valence-electron chi connectivity index (χ4n) is 2.57. The van der Waals surface area contributed by atoms with Crippen LogP contribution in [0.3, 0.4) is 0 Å². The third kappa shape index (κ3) is 3.18. The molecule has 0 aliphatic heterocycles. The largest absolute Gasteiger partial charge is 0.306 e. The number of hydrogen-bond acceptors (Lipinski definition) is 3. The molecule has 0 fully saturated rings. The van der Waals surface area contributed by atoms with Crippen molar-refractivity contribution in [2.24, 2.45) is 0 Å². The second-order valence-electron chi connectivity index (χ2n) is 5.02. The van der Waals surface area contributed by atoms with Crippen LogP contribution in [0.4, 0.5) is 0 Å². The standard InChI is InChI=1S/C17H17BrN2S/c1-2-7-20-17(13-9-16(18)21-11-13)15-5-3-4-12-10-19-8-6-14(12)15/h3-6,8-11,17,20H,2,7H2,1H3. The molecule has 0 amide bonds. The SMILES string of the molecule is CCCNC(c1csc(Br)c1)c1cccc2cnccc12. The van der Waals surface area contributed by atoms with Gasteiger partial charge in [-0.05, 0) is 62.9 Å². The number of halogens is 1. The average Bonchev–Trinajstić information content (AvgIpc) is 2.94.